The molecule has 0 saturated carbocycles. The van der Waals surface area contributed by atoms with Gasteiger partial charge in [0.2, 0.25) is 0 Å². The third-order valence-corrected chi connectivity index (χ3v) is 3.27. The molecular formula is C16H13ClF3NO2. The van der Waals surface area contributed by atoms with Crippen LogP contribution in [0, 0.1) is 6.92 Å². The van der Waals surface area contributed by atoms with Crippen molar-refractivity contribution >= 4 is 23.2 Å². The Kier molecular flexibility index (Phi) is 5.15. The fourth-order valence-corrected chi connectivity index (χ4v) is 1.99. The van der Waals surface area contributed by atoms with E-state index in [2.05, 4.69) is 5.32 Å². The van der Waals surface area contributed by atoms with Crippen molar-refractivity contribution in [3.8, 4) is 5.75 Å². The lowest BCUT2D eigenvalue weighted by Crippen LogP contribution is -2.20. The number of hydrogen-bond donors (Lipinski definition) is 1. The summed E-state index contributed by atoms with van der Waals surface area (Å²) in [5.74, 6) is -0.00324. The van der Waals surface area contributed by atoms with Crippen LogP contribution in [0.4, 0.5) is 18.9 Å². The first-order valence-corrected chi connectivity index (χ1v) is 6.99. The molecule has 2 rings (SSSR count). The molecule has 0 unspecified atom stereocenters. The fraction of sp³-hybridized carbons (Fsp3) is 0.188. The SMILES string of the molecule is Cc1ccc(OCC(=O)Nc2ccc(C(F)(F)F)cc2Cl)cc1. The van der Waals surface area contributed by atoms with E-state index in [0.29, 0.717) is 5.75 Å². The molecule has 0 spiro atoms. The van der Waals surface area contributed by atoms with Gasteiger partial charge >= 0.3 is 6.18 Å². The normalized spacial score (nSPS) is 11.2. The van der Waals surface area contributed by atoms with Crippen molar-refractivity contribution in [2.45, 2.75) is 13.1 Å². The highest BCUT2D eigenvalue weighted by Crippen LogP contribution is 2.33. The molecule has 2 aromatic rings. The second-order valence-electron chi connectivity index (χ2n) is 4.84. The topological polar surface area (TPSA) is 38.3 Å². The van der Waals surface area contributed by atoms with Crippen molar-refractivity contribution in [3.05, 3.63) is 58.6 Å². The van der Waals surface area contributed by atoms with Crippen LogP contribution >= 0.6 is 11.6 Å². The molecule has 0 atom stereocenters. The van der Waals surface area contributed by atoms with E-state index in [4.69, 9.17) is 16.3 Å². The third-order valence-electron chi connectivity index (χ3n) is 2.96. The minimum atomic E-state index is -4.49. The van der Waals surface area contributed by atoms with Gasteiger partial charge in [-0.1, -0.05) is 29.3 Å². The maximum Gasteiger partial charge on any atom is 0.416 e. The maximum absolute atomic E-state index is 12.5. The molecule has 0 heterocycles. The van der Waals surface area contributed by atoms with E-state index in [0.717, 1.165) is 23.8 Å². The summed E-state index contributed by atoms with van der Waals surface area (Å²) in [4.78, 5) is 11.8. The van der Waals surface area contributed by atoms with Crippen molar-refractivity contribution in [3.63, 3.8) is 0 Å². The average Bonchev–Trinajstić information content (AvgIpc) is 2.48. The lowest BCUT2D eigenvalue weighted by Gasteiger charge is -2.11. The van der Waals surface area contributed by atoms with Crippen LogP contribution in [0.15, 0.2) is 42.5 Å². The zero-order valence-corrected chi connectivity index (χ0v) is 12.8. The predicted octanol–water partition coefficient (Wildman–Crippen LogP) is 4.68. The second-order valence-corrected chi connectivity index (χ2v) is 5.25. The molecule has 1 amide bonds. The Labute approximate surface area is 136 Å². The summed E-state index contributed by atoms with van der Waals surface area (Å²) in [5.41, 5.74) is 0.270. The van der Waals surface area contributed by atoms with Crippen LogP contribution in [0.3, 0.4) is 0 Å². The molecular weight excluding hydrogens is 331 g/mol. The summed E-state index contributed by atoms with van der Waals surface area (Å²) >= 11 is 5.76. The van der Waals surface area contributed by atoms with Gasteiger partial charge in [-0.2, -0.15) is 13.2 Å². The number of carbonyl (C=O) groups is 1. The second kappa shape index (κ2) is 6.91. The van der Waals surface area contributed by atoms with Crippen molar-refractivity contribution < 1.29 is 22.7 Å². The number of rotatable bonds is 4. The molecule has 2 aromatic carbocycles. The lowest BCUT2D eigenvalue weighted by atomic mass is 10.2. The first-order valence-electron chi connectivity index (χ1n) is 6.62. The standard InChI is InChI=1S/C16H13ClF3NO2/c1-10-2-5-12(6-3-10)23-9-15(22)21-14-7-4-11(8-13(14)17)16(18,19)20/h2-8H,9H2,1H3,(H,21,22). The van der Waals surface area contributed by atoms with Crippen LogP contribution in [-0.4, -0.2) is 12.5 Å². The van der Waals surface area contributed by atoms with Crippen LogP contribution in [0.5, 0.6) is 5.75 Å². The van der Waals surface area contributed by atoms with E-state index in [-0.39, 0.29) is 17.3 Å². The number of ether oxygens (including phenoxy) is 1. The first kappa shape index (κ1) is 17.1. The number of alkyl halides is 3. The Balaban J connectivity index is 1.96. The monoisotopic (exact) mass is 343 g/mol. The zero-order chi connectivity index (χ0) is 17.0. The smallest absolute Gasteiger partial charge is 0.416 e. The van der Waals surface area contributed by atoms with Crippen LogP contribution in [-0.2, 0) is 11.0 Å². The van der Waals surface area contributed by atoms with Crippen molar-refractivity contribution in [2.75, 3.05) is 11.9 Å². The van der Waals surface area contributed by atoms with Gasteiger partial charge in [-0.3, -0.25) is 4.79 Å². The van der Waals surface area contributed by atoms with Crippen LogP contribution < -0.4 is 10.1 Å². The number of benzene rings is 2. The molecule has 0 aliphatic carbocycles. The van der Waals surface area contributed by atoms with Gasteiger partial charge in [0.05, 0.1) is 16.3 Å². The van der Waals surface area contributed by atoms with Crippen LogP contribution in [0.25, 0.3) is 0 Å². The number of amides is 1. The third kappa shape index (κ3) is 4.89. The zero-order valence-electron chi connectivity index (χ0n) is 12.1. The van der Waals surface area contributed by atoms with E-state index in [1.807, 2.05) is 19.1 Å². The number of anilines is 1. The summed E-state index contributed by atoms with van der Waals surface area (Å²) in [6, 6.07) is 9.82. The van der Waals surface area contributed by atoms with Gasteiger partial charge in [0.15, 0.2) is 6.61 Å². The van der Waals surface area contributed by atoms with Crippen molar-refractivity contribution in [1.82, 2.24) is 0 Å². The summed E-state index contributed by atoms with van der Waals surface area (Å²) in [5, 5.41) is 2.22. The highest BCUT2D eigenvalue weighted by molar-refractivity contribution is 6.33. The summed E-state index contributed by atoms with van der Waals surface area (Å²) in [6.45, 7) is 1.64. The predicted molar refractivity (Wildman–Crippen MR) is 81.8 cm³/mol. The van der Waals surface area contributed by atoms with Gasteiger partial charge in [0, 0.05) is 0 Å². The van der Waals surface area contributed by atoms with Crippen LogP contribution in [0.2, 0.25) is 5.02 Å². The Morgan fingerprint density at radius 2 is 1.83 bits per heavy atom. The van der Waals surface area contributed by atoms with E-state index >= 15 is 0 Å². The summed E-state index contributed by atoms with van der Waals surface area (Å²) in [7, 11) is 0. The van der Waals surface area contributed by atoms with Crippen molar-refractivity contribution in [2.24, 2.45) is 0 Å². The van der Waals surface area contributed by atoms with Gasteiger partial charge in [-0.05, 0) is 37.3 Å². The van der Waals surface area contributed by atoms with Gasteiger partial charge < -0.3 is 10.1 Å². The molecule has 0 aliphatic heterocycles. The minimum absolute atomic E-state index is 0.0946. The molecule has 0 saturated heterocycles. The number of hydrogen-bond acceptors (Lipinski definition) is 2. The molecule has 0 bridgehead atoms. The maximum atomic E-state index is 12.5. The Hall–Kier alpha value is -2.21. The fourth-order valence-electron chi connectivity index (χ4n) is 1.76. The molecule has 3 nitrogen and oxygen atoms in total. The van der Waals surface area contributed by atoms with Gasteiger partial charge in [-0.25, -0.2) is 0 Å². The van der Waals surface area contributed by atoms with Crippen molar-refractivity contribution in [1.29, 1.82) is 0 Å². The largest absolute Gasteiger partial charge is 0.484 e. The number of aryl methyl sites for hydroxylation is 1. The Morgan fingerprint density at radius 1 is 1.17 bits per heavy atom. The average molecular weight is 344 g/mol. The molecule has 122 valence electrons. The van der Waals surface area contributed by atoms with Gasteiger partial charge in [-0.15, -0.1) is 0 Å². The highest BCUT2D eigenvalue weighted by Gasteiger charge is 2.30. The molecule has 23 heavy (non-hydrogen) atoms. The molecule has 0 fully saturated rings. The van der Waals surface area contributed by atoms with Gasteiger partial charge in [0.25, 0.3) is 5.91 Å². The molecule has 0 radical (unpaired) electrons. The molecule has 0 aromatic heterocycles. The van der Waals surface area contributed by atoms with Crippen LogP contribution in [0.1, 0.15) is 11.1 Å². The summed E-state index contributed by atoms with van der Waals surface area (Å²) < 4.78 is 42.9. The number of nitrogens with one attached hydrogen (secondary N) is 1. The van der Waals surface area contributed by atoms with Gasteiger partial charge in [0.1, 0.15) is 5.75 Å². The highest BCUT2D eigenvalue weighted by atomic mass is 35.5. The number of halogens is 4. The number of carbonyl (C=O) groups excluding carboxylic acids is 1. The van der Waals surface area contributed by atoms with E-state index in [1.54, 1.807) is 12.1 Å². The first-order chi connectivity index (χ1) is 10.8. The Bertz CT molecular complexity index is 699. The quantitative estimate of drug-likeness (QED) is 0.875. The molecule has 7 heteroatoms. The van der Waals surface area contributed by atoms with E-state index < -0.39 is 17.6 Å². The lowest BCUT2D eigenvalue weighted by molar-refractivity contribution is -0.137. The molecule has 1 N–H and O–H groups in total. The van der Waals surface area contributed by atoms with E-state index in [1.165, 1.54) is 0 Å². The van der Waals surface area contributed by atoms with E-state index in [9.17, 15) is 18.0 Å². The molecule has 0 aliphatic rings. The Morgan fingerprint density at radius 3 is 2.39 bits per heavy atom. The minimum Gasteiger partial charge on any atom is -0.484 e. The summed E-state index contributed by atoms with van der Waals surface area (Å²) in [6.07, 6.45) is -4.49.